The van der Waals surface area contributed by atoms with E-state index in [1.165, 1.54) is 6.07 Å². The summed E-state index contributed by atoms with van der Waals surface area (Å²) in [7, 11) is 0. The molecule has 0 bridgehead atoms. The van der Waals surface area contributed by atoms with Crippen LogP contribution in [0, 0.1) is 0 Å². The number of imidazole rings is 1. The summed E-state index contributed by atoms with van der Waals surface area (Å²) >= 11 is 0. The van der Waals surface area contributed by atoms with Crippen LogP contribution in [0.15, 0.2) is 29.3 Å². The molecule has 0 amide bonds. The van der Waals surface area contributed by atoms with Gasteiger partial charge in [0.05, 0.1) is 12.9 Å². The molecule has 7 nitrogen and oxygen atoms in total. The first-order chi connectivity index (χ1) is 9.25. The Morgan fingerprint density at radius 3 is 3.05 bits per heavy atom. The fourth-order valence-electron chi connectivity index (χ4n) is 1.67. The number of nitrogens with one attached hydrogen (secondary N) is 1. The van der Waals surface area contributed by atoms with E-state index in [-0.39, 0.29) is 5.69 Å². The maximum atomic E-state index is 10.6. The van der Waals surface area contributed by atoms with Crippen molar-refractivity contribution in [1.82, 2.24) is 20.0 Å². The smallest absolute Gasteiger partial charge is 0.358 e. The zero-order valence-electron chi connectivity index (χ0n) is 10.5. The number of unbranched alkanes of at least 4 members (excludes halogenated alkanes) is 1. The number of rotatable bonds is 8. The van der Waals surface area contributed by atoms with Gasteiger partial charge in [-0.1, -0.05) is 5.16 Å². The van der Waals surface area contributed by atoms with Crippen molar-refractivity contribution in [3.05, 3.63) is 36.2 Å². The summed E-state index contributed by atoms with van der Waals surface area (Å²) < 4.78 is 6.92. The van der Waals surface area contributed by atoms with E-state index in [9.17, 15) is 4.79 Å². The largest absolute Gasteiger partial charge is 0.476 e. The average Bonchev–Trinajstić information content (AvgIpc) is 3.04. The summed E-state index contributed by atoms with van der Waals surface area (Å²) in [6, 6.07) is 1.43. The third kappa shape index (κ3) is 4.22. The molecule has 0 atom stereocenters. The number of hydrogen-bond donors (Lipinski definition) is 2. The van der Waals surface area contributed by atoms with Crippen LogP contribution in [0.3, 0.4) is 0 Å². The van der Waals surface area contributed by atoms with Crippen LogP contribution in [0.2, 0.25) is 0 Å². The second-order valence-electron chi connectivity index (χ2n) is 4.17. The number of carboxylic acids is 1. The van der Waals surface area contributed by atoms with Crippen LogP contribution in [0.25, 0.3) is 0 Å². The van der Waals surface area contributed by atoms with E-state index >= 15 is 0 Å². The van der Waals surface area contributed by atoms with Gasteiger partial charge in [0.1, 0.15) is 0 Å². The van der Waals surface area contributed by atoms with Crippen molar-refractivity contribution in [3.63, 3.8) is 0 Å². The highest BCUT2D eigenvalue weighted by Crippen LogP contribution is 2.03. The number of hydrogen-bond acceptors (Lipinski definition) is 5. The van der Waals surface area contributed by atoms with Crippen LogP contribution < -0.4 is 5.32 Å². The Balaban J connectivity index is 1.57. The number of aromatic carboxylic acids is 1. The summed E-state index contributed by atoms with van der Waals surface area (Å²) in [4.78, 5) is 14.6. The zero-order chi connectivity index (χ0) is 13.5. The van der Waals surface area contributed by atoms with Crippen molar-refractivity contribution in [2.75, 3.05) is 6.54 Å². The van der Waals surface area contributed by atoms with Gasteiger partial charge in [0.15, 0.2) is 11.5 Å². The summed E-state index contributed by atoms with van der Waals surface area (Å²) in [6.07, 6.45) is 7.59. The number of aromatic nitrogens is 3. The number of carboxylic acid groups (broad SMARTS) is 1. The maximum absolute atomic E-state index is 10.6. The predicted octanol–water partition coefficient (Wildman–Crippen LogP) is 1.14. The van der Waals surface area contributed by atoms with E-state index in [2.05, 4.69) is 15.5 Å². The molecule has 0 fully saturated rings. The van der Waals surface area contributed by atoms with E-state index in [1.54, 1.807) is 12.5 Å². The van der Waals surface area contributed by atoms with Crippen molar-refractivity contribution < 1.29 is 14.4 Å². The predicted molar refractivity (Wildman–Crippen MR) is 66.6 cm³/mol. The fourth-order valence-corrected chi connectivity index (χ4v) is 1.67. The lowest BCUT2D eigenvalue weighted by Crippen LogP contribution is -2.14. The third-order valence-corrected chi connectivity index (χ3v) is 2.66. The second-order valence-corrected chi connectivity index (χ2v) is 4.17. The SMILES string of the molecule is O=C(O)c1cc(CNCCCCn2ccnc2)on1. The number of carbonyl (C=O) groups is 1. The van der Waals surface area contributed by atoms with Gasteiger partial charge in [0.2, 0.25) is 0 Å². The summed E-state index contributed by atoms with van der Waals surface area (Å²) in [6.45, 7) is 2.29. The van der Waals surface area contributed by atoms with E-state index in [0.29, 0.717) is 12.3 Å². The summed E-state index contributed by atoms with van der Waals surface area (Å²) in [5.74, 6) is -0.539. The normalized spacial score (nSPS) is 10.7. The van der Waals surface area contributed by atoms with Gasteiger partial charge in [-0.25, -0.2) is 9.78 Å². The third-order valence-electron chi connectivity index (χ3n) is 2.66. The molecule has 0 radical (unpaired) electrons. The molecule has 2 aromatic rings. The van der Waals surface area contributed by atoms with Crippen LogP contribution in [0.4, 0.5) is 0 Å². The summed E-state index contributed by atoms with van der Waals surface area (Å²) in [5.41, 5.74) is -0.0584. The van der Waals surface area contributed by atoms with Crippen molar-refractivity contribution >= 4 is 5.97 Å². The van der Waals surface area contributed by atoms with Crippen molar-refractivity contribution in [1.29, 1.82) is 0 Å². The lowest BCUT2D eigenvalue weighted by atomic mass is 10.3. The molecule has 0 saturated heterocycles. The fraction of sp³-hybridized carbons (Fsp3) is 0.417. The number of aryl methyl sites for hydroxylation is 1. The Kier molecular flexibility index (Phi) is 4.68. The molecule has 0 aliphatic rings. The van der Waals surface area contributed by atoms with Crippen LogP contribution in [0.1, 0.15) is 29.1 Å². The van der Waals surface area contributed by atoms with E-state index in [1.807, 2.05) is 10.8 Å². The molecule has 0 aliphatic carbocycles. The van der Waals surface area contributed by atoms with Gasteiger partial charge in [0, 0.05) is 25.0 Å². The molecule has 102 valence electrons. The minimum atomic E-state index is -1.07. The lowest BCUT2D eigenvalue weighted by molar-refractivity contribution is 0.0685. The minimum absolute atomic E-state index is 0.0584. The lowest BCUT2D eigenvalue weighted by Gasteiger charge is -2.03. The highest BCUT2D eigenvalue weighted by molar-refractivity contribution is 5.85. The Labute approximate surface area is 110 Å². The Morgan fingerprint density at radius 1 is 1.47 bits per heavy atom. The van der Waals surface area contributed by atoms with Crippen LogP contribution in [-0.2, 0) is 13.1 Å². The molecule has 0 unspecified atom stereocenters. The first kappa shape index (κ1) is 13.3. The Morgan fingerprint density at radius 2 is 2.37 bits per heavy atom. The molecular formula is C12H16N4O3. The van der Waals surface area contributed by atoms with E-state index in [4.69, 9.17) is 9.63 Å². The highest BCUT2D eigenvalue weighted by atomic mass is 16.5. The topological polar surface area (TPSA) is 93.2 Å². The minimum Gasteiger partial charge on any atom is -0.476 e. The van der Waals surface area contributed by atoms with E-state index in [0.717, 1.165) is 25.9 Å². The van der Waals surface area contributed by atoms with Crippen molar-refractivity contribution in [2.45, 2.75) is 25.9 Å². The first-order valence-electron chi connectivity index (χ1n) is 6.11. The summed E-state index contributed by atoms with van der Waals surface area (Å²) in [5, 5.41) is 15.3. The zero-order valence-corrected chi connectivity index (χ0v) is 10.5. The van der Waals surface area contributed by atoms with Gasteiger partial charge in [-0.3, -0.25) is 0 Å². The van der Waals surface area contributed by atoms with Gasteiger partial charge in [-0.2, -0.15) is 0 Å². The van der Waals surface area contributed by atoms with Gasteiger partial charge >= 0.3 is 5.97 Å². The molecule has 7 heteroatoms. The number of nitrogens with zero attached hydrogens (tertiary/aromatic N) is 3. The average molecular weight is 264 g/mol. The van der Waals surface area contributed by atoms with Crippen LogP contribution in [-0.4, -0.2) is 32.3 Å². The van der Waals surface area contributed by atoms with Gasteiger partial charge < -0.3 is 19.5 Å². The molecule has 2 rings (SSSR count). The Hall–Kier alpha value is -2.15. The van der Waals surface area contributed by atoms with Gasteiger partial charge in [-0.05, 0) is 19.4 Å². The van der Waals surface area contributed by atoms with E-state index < -0.39 is 5.97 Å². The molecule has 0 saturated carbocycles. The second kappa shape index (κ2) is 6.69. The van der Waals surface area contributed by atoms with Crippen LogP contribution in [0.5, 0.6) is 0 Å². The van der Waals surface area contributed by atoms with Crippen molar-refractivity contribution in [2.24, 2.45) is 0 Å². The van der Waals surface area contributed by atoms with Crippen LogP contribution >= 0.6 is 0 Å². The monoisotopic (exact) mass is 264 g/mol. The molecule has 0 aliphatic heterocycles. The molecule has 0 spiro atoms. The van der Waals surface area contributed by atoms with Gasteiger partial charge in [-0.15, -0.1) is 0 Å². The molecule has 0 aromatic carbocycles. The molecule has 2 heterocycles. The first-order valence-corrected chi connectivity index (χ1v) is 6.11. The maximum Gasteiger partial charge on any atom is 0.358 e. The standard InChI is InChI=1S/C12H16N4O3/c17-12(18)11-7-10(19-15-11)8-13-3-1-2-5-16-6-4-14-9-16/h4,6-7,9,13H,1-3,5,8H2,(H,17,18). The highest BCUT2D eigenvalue weighted by Gasteiger charge is 2.09. The van der Waals surface area contributed by atoms with Crippen molar-refractivity contribution in [3.8, 4) is 0 Å². The molecule has 2 aromatic heterocycles. The molecule has 2 N–H and O–H groups in total. The van der Waals surface area contributed by atoms with Gasteiger partial charge in [0.25, 0.3) is 0 Å². The quantitative estimate of drug-likeness (QED) is 0.694. The molecular weight excluding hydrogens is 248 g/mol. The molecule has 19 heavy (non-hydrogen) atoms. The Bertz CT molecular complexity index is 507.